The van der Waals surface area contributed by atoms with Crippen LogP contribution < -0.4 is 10.6 Å². The highest BCUT2D eigenvalue weighted by Crippen LogP contribution is 2.31. The highest BCUT2D eigenvalue weighted by atomic mass is 32.2. The summed E-state index contributed by atoms with van der Waals surface area (Å²) in [5, 5.41) is 13.7. The van der Waals surface area contributed by atoms with Crippen LogP contribution in [0.1, 0.15) is 10.1 Å². The zero-order valence-corrected chi connectivity index (χ0v) is 15.1. The number of hydrogen-bond donors (Lipinski definition) is 3. The van der Waals surface area contributed by atoms with E-state index in [1.807, 2.05) is 0 Å². The Hall–Kier alpha value is -2.30. The first kappa shape index (κ1) is 20.0. The van der Waals surface area contributed by atoms with Crippen molar-refractivity contribution in [1.29, 1.82) is 0 Å². The van der Waals surface area contributed by atoms with Gasteiger partial charge in [-0.3, -0.25) is 9.59 Å². The molecule has 0 aliphatic rings. The molecule has 26 heavy (non-hydrogen) atoms. The lowest BCUT2D eigenvalue weighted by atomic mass is 10.3. The van der Waals surface area contributed by atoms with Crippen molar-refractivity contribution in [3.63, 3.8) is 0 Å². The van der Waals surface area contributed by atoms with E-state index in [4.69, 9.17) is 5.11 Å². The summed E-state index contributed by atoms with van der Waals surface area (Å²) in [4.78, 5) is 23.7. The summed E-state index contributed by atoms with van der Waals surface area (Å²) < 4.78 is 38.9. The van der Waals surface area contributed by atoms with E-state index in [1.54, 1.807) is 17.5 Å². The average molecular weight is 400 g/mol. The lowest BCUT2D eigenvalue weighted by molar-refractivity contribution is -0.139. The minimum absolute atomic E-state index is 0.0868. The van der Waals surface area contributed by atoms with Crippen molar-refractivity contribution in [2.75, 3.05) is 19.7 Å². The number of benzene rings is 1. The fraction of sp³-hybridized carbons (Fsp3) is 0.250. The van der Waals surface area contributed by atoms with Crippen molar-refractivity contribution < 1.29 is 27.5 Å². The molecule has 0 saturated heterocycles. The number of nitrogens with one attached hydrogen (secondary N) is 2. The highest BCUT2D eigenvalue weighted by molar-refractivity contribution is 7.91. The Morgan fingerprint density at radius 1 is 1.12 bits per heavy atom. The third-order valence-corrected chi connectivity index (χ3v) is 6.66. The first-order valence-corrected chi connectivity index (χ1v) is 9.98. The number of halogens is 1. The van der Waals surface area contributed by atoms with Crippen LogP contribution in [0.4, 0.5) is 4.39 Å². The van der Waals surface area contributed by atoms with E-state index in [2.05, 4.69) is 10.6 Å². The Bertz CT molecular complexity index is 851. The molecule has 0 radical (unpaired) electrons. The third kappa shape index (κ3) is 4.87. The number of thiophene rings is 1. The quantitative estimate of drug-likeness (QED) is 0.466. The van der Waals surface area contributed by atoms with Gasteiger partial charge < -0.3 is 15.7 Å². The summed E-state index contributed by atoms with van der Waals surface area (Å²) in [5.41, 5.74) is 0. The van der Waals surface area contributed by atoms with Gasteiger partial charge in [-0.2, -0.15) is 0 Å². The molecule has 1 aromatic carbocycles. The number of aliphatic hydroxyl groups is 1. The van der Waals surface area contributed by atoms with Crippen LogP contribution >= 0.6 is 11.3 Å². The summed E-state index contributed by atoms with van der Waals surface area (Å²) >= 11 is 1.19. The highest BCUT2D eigenvalue weighted by Gasteiger charge is 2.31. The maximum Gasteiger partial charge on any atom is 0.309 e. The molecular weight excluding hydrogens is 383 g/mol. The molecule has 3 N–H and O–H groups in total. The van der Waals surface area contributed by atoms with Gasteiger partial charge in [-0.1, -0.05) is 6.07 Å². The normalized spacial score (nSPS) is 12.4. The van der Waals surface area contributed by atoms with E-state index >= 15 is 0 Å². The standard InChI is InChI=1S/C16H17FN2O5S2/c17-11-3-5-12(6-4-11)26(23,24)14(13-2-1-9-25-13)10-19-16(22)15(21)18-7-8-20/h1-6,9,14,20H,7-8,10H2,(H,18,21)(H,19,22)/t14-/m1/s1. The van der Waals surface area contributed by atoms with E-state index in [9.17, 15) is 22.4 Å². The number of carbonyl (C=O) groups is 2. The predicted octanol–water partition coefficient (Wildman–Crippen LogP) is 0.627. The summed E-state index contributed by atoms with van der Waals surface area (Å²) in [6.07, 6.45) is 0. The number of carbonyl (C=O) groups excluding carboxylic acids is 2. The Labute approximate surface area is 153 Å². The molecule has 2 rings (SSSR count). The van der Waals surface area contributed by atoms with Gasteiger partial charge in [0.1, 0.15) is 11.1 Å². The van der Waals surface area contributed by atoms with Crippen LogP contribution in [0.25, 0.3) is 0 Å². The van der Waals surface area contributed by atoms with Crippen LogP contribution in [0.3, 0.4) is 0 Å². The van der Waals surface area contributed by atoms with Crippen molar-refractivity contribution in [3.8, 4) is 0 Å². The van der Waals surface area contributed by atoms with Crippen LogP contribution in [-0.2, 0) is 19.4 Å². The van der Waals surface area contributed by atoms with Crippen LogP contribution in [0.15, 0.2) is 46.7 Å². The minimum atomic E-state index is -3.92. The predicted molar refractivity (Wildman–Crippen MR) is 93.8 cm³/mol. The van der Waals surface area contributed by atoms with E-state index in [1.165, 1.54) is 11.3 Å². The Morgan fingerprint density at radius 3 is 2.35 bits per heavy atom. The minimum Gasteiger partial charge on any atom is -0.395 e. The van der Waals surface area contributed by atoms with Crippen LogP contribution in [0, 0.1) is 5.82 Å². The zero-order chi connectivity index (χ0) is 19.2. The van der Waals surface area contributed by atoms with Gasteiger partial charge in [0, 0.05) is 18.0 Å². The van der Waals surface area contributed by atoms with Crippen molar-refractivity contribution in [1.82, 2.24) is 10.6 Å². The molecule has 1 aromatic heterocycles. The number of aliphatic hydroxyl groups excluding tert-OH is 1. The second-order valence-corrected chi connectivity index (χ2v) is 8.30. The molecule has 0 unspecified atom stereocenters. The Kier molecular flexibility index (Phi) is 6.83. The van der Waals surface area contributed by atoms with Gasteiger partial charge in [-0.05, 0) is 35.7 Å². The van der Waals surface area contributed by atoms with Gasteiger partial charge in [-0.15, -0.1) is 11.3 Å². The number of sulfone groups is 1. The molecular formula is C16H17FN2O5S2. The molecule has 7 nitrogen and oxygen atoms in total. The molecule has 0 bridgehead atoms. The van der Waals surface area contributed by atoms with E-state index in [0.29, 0.717) is 4.88 Å². The molecule has 10 heteroatoms. The van der Waals surface area contributed by atoms with Crippen molar-refractivity contribution >= 4 is 33.0 Å². The average Bonchev–Trinajstić information content (AvgIpc) is 3.14. The van der Waals surface area contributed by atoms with Crippen molar-refractivity contribution in [2.24, 2.45) is 0 Å². The second-order valence-electron chi connectivity index (χ2n) is 5.19. The van der Waals surface area contributed by atoms with Crippen LogP contribution in [0.2, 0.25) is 0 Å². The molecule has 1 heterocycles. The fourth-order valence-electron chi connectivity index (χ4n) is 2.14. The first-order valence-electron chi connectivity index (χ1n) is 7.56. The van der Waals surface area contributed by atoms with Crippen molar-refractivity contribution in [3.05, 3.63) is 52.5 Å². The van der Waals surface area contributed by atoms with Gasteiger partial charge in [0.05, 0.1) is 11.5 Å². The van der Waals surface area contributed by atoms with Gasteiger partial charge in [-0.25, -0.2) is 12.8 Å². The number of hydrogen-bond acceptors (Lipinski definition) is 6. The Morgan fingerprint density at radius 2 is 1.77 bits per heavy atom. The summed E-state index contributed by atoms with van der Waals surface area (Å²) in [6.45, 7) is -0.740. The SMILES string of the molecule is O=C(NCCO)C(=O)NC[C@H](c1cccs1)S(=O)(=O)c1ccc(F)cc1. The van der Waals surface area contributed by atoms with Gasteiger partial charge in [0.2, 0.25) is 0 Å². The van der Waals surface area contributed by atoms with E-state index < -0.39 is 32.7 Å². The summed E-state index contributed by atoms with van der Waals surface area (Å²) in [7, 11) is -3.92. The van der Waals surface area contributed by atoms with Crippen LogP contribution in [-0.4, -0.2) is 45.0 Å². The number of rotatable bonds is 7. The maximum absolute atomic E-state index is 13.1. The smallest absolute Gasteiger partial charge is 0.309 e. The topological polar surface area (TPSA) is 113 Å². The molecule has 0 saturated carbocycles. The zero-order valence-electron chi connectivity index (χ0n) is 13.5. The fourth-order valence-corrected chi connectivity index (χ4v) is 4.93. The molecule has 0 fully saturated rings. The number of amides is 2. The van der Waals surface area contributed by atoms with E-state index in [0.717, 1.165) is 24.3 Å². The van der Waals surface area contributed by atoms with Crippen LogP contribution in [0.5, 0.6) is 0 Å². The molecule has 0 aliphatic heterocycles. The third-order valence-electron chi connectivity index (χ3n) is 3.43. The molecule has 0 spiro atoms. The maximum atomic E-state index is 13.1. The second kappa shape index (κ2) is 8.88. The molecule has 2 aromatic rings. The lowest BCUT2D eigenvalue weighted by Crippen LogP contribution is -2.43. The van der Waals surface area contributed by atoms with Crippen molar-refractivity contribution in [2.45, 2.75) is 10.1 Å². The van der Waals surface area contributed by atoms with Gasteiger partial charge in [0.25, 0.3) is 0 Å². The molecule has 140 valence electrons. The largest absolute Gasteiger partial charge is 0.395 e. The lowest BCUT2D eigenvalue weighted by Gasteiger charge is -2.17. The first-order chi connectivity index (χ1) is 12.4. The monoisotopic (exact) mass is 400 g/mol. The summed E-state index contributed by atoms with van der Waals surface area (Å²) in [6, 6.07) is 7.66. The van der Waals surface area contributed by atoms with E-state index in [-0.39, 0.29) is 24.6 Å². The van der Waals surface area contributed by atoms with Gasteiger partial charge in [0.15, 0.2) is 9.84 Å². The Balaban J connectivity index is 2.21. The summed E-state index contributed by atoms with van der Waals surface area (Å²) in [5.74, 6) is -2.54. The molecule has 2 amide bonds. The van der Waals surface area contributed by atoms with Gasteiger partial charge >= 0.3 is 11.8 Å². The molecule has 1 atom stereocenters. The molecule has 0 aliphatic carbocycles.